The zero-order valence-corrected chi connectivity index (χ0v) is 12.0. The lowest BCUT2D eigenvalue weighted by molar-refractivity contribution is 0.405. The fourth-order valence-electron chi connectivity index (χ4n) is 2.29. The molecule has 0 saturated carbocycles. The maximum atomic E-state index is 13.6. The molecule has 0 spiro atoms. The normalized spacial score (nSPS) is 12.7. The number of rotatable bonds is 5. The summed E-state index contributed by atoms with van der Waals surface area (Å²) in [4.78, 5) is 0. The predicted molar refractivity (Wildman–Crippen MR) is 77.2 cm³/mol. The summed E-state index contributed by atoms with van der Waals surface area (Å²) < 4.78 is 39.5. The Labute approximate surface area is 122 Å². The molecule has 2 aromatic rings. The van der Waals surface area contributed by atoms with E-state index in [1.807, 2.05) is 13.8 Å². The smallest absolute Gasteiger partial charge is 0.130 e. The molecular weight excluding hydrogens is 275 g/mol. The maximum absolute atomic E-state index is 13.6. The molecule has 4 heteroatoms. The summed E-state index contributed by atoms with van der Waals surface area (Å²) in [6, 6.07) is 9.76. The minimum absolute atomic E-state index is 0.0324. The Bertz CT molecular complexity index is 593. The van der Waals surface area contributed by atoms with Crippen molar-refractivity contribution in [2.45, 2.75) is 26.4 Å². The third kappa shape index (κ3) is 4.08. The van der Waals surface area contributed by atoms with Gasteiger partial charge in [-0.25, -0.2) is 13.2 Å². The second-order valence-corrected chi connectivity index (χ2v) is 5.39. The highest BCUT2D eigenvalue weighted by molar-refractivity contribution is 5.22. The van der Waals surface area contributed by atoms with E-state index in [2.05, 4.69) is 5.32 Å². The van der Waals surface area contributed by atoms with Gasteiger partial charge in [0.2, 0.25) is 0 Å². The van der Waals surface area contributed by atoms with Gasteiger partial charge in [-0.3, -0.25) is 0 Å². The fourth-order valence-corrected chi connectivity index (χ4v) is 2.29. The molecule has 1 atom stereocenters. The minimum atomic E-state index is -0.588. The molecule has 2 rings (SSSR count). The lowest BCUT2D eigenvalue weighted by Crippen LogP contribution is -2.25. The first kappa shape index (κ1) is 15.6. The van der Waals surface area contributed by atoms with E-state index < -0.39 is 11.6 Å². The third-order valence-corrected chi connectivity index (χ3v) is 3.42. The highest BCUT2D eigenvalue weighted by Crippen LogP contribution is 2.23. The number of nitrogens with one attached hydrogen (secondary N) is 1. The van der Waals surface area contributed by atoms with Crippen LogP contribution in [0, 0.1) is 23.4 Å². The van der Waals surface area contributed by atoms with Crippen molar-refractivity contribution in [3.8, 4) is 0 Å². The lowest BCUT2D eigenvalue weighted by atomic mass is 9.95. The first-order valence-corrected chi connectivity index (χ1v) is 6.90. The maximum Gasteiger partial charge on any atom is 0.130 e. The van der Waals surface area contributed by atoms with Crippen LogP contribution < -0.4 is 5.32 Å². The third-order valence-electron chi connectivity index (χ3n) is 3.42. The monoisotopic (exact) mass is 293 g/mol. The van der Waals surface area contributed by atoms with Gasteiger partial charge in [-0.2, -0.15) is 0 Å². The van der Waals surface area contributed by atoms with Crippen LogP contribution >= 0.6 is 0 Å². The molecule has 0 aliphatic carbocycles. The molecule has 0 saturated heterocycles. The number of hydrogen-bond donors (Lipinski definition) is 1. The van der Waals surface area contributed by atoms with Gasteiger partial charge in [0.1, 0.15) is 17.5 Å². The van der Waals surface area contributed by atoms with Crippen LogP contribution in [0.1, 0.15) is 31.0 Å². The average Bonchev–Trinajstić information content (AvgIpc) is 2.42. The summed E-state index contributed by atoms with van der Waals surface area (Å²) >= 11 is 0. The number of halogens is 3. The molecule has 2 aromatic carbocycles. The molecule has 1 nitrogen and oxygen atoms in total. The topological polar surface area (TPSA) is 12.0 Å². The largest absolute Gasteiger partial charge is 0.306 e. The molecule has 0 aromatic heterocycles. The van der Waals surface area contributed by atoms with E-state index in [1.54, 1.807) is 12.1 Å². The van der Waals surface area contributed by atoms with Crippen LogP contribution in [-0.2, 0) is 6.54 Å². The molecular formula is C17H18F3N. The Morgan fingerprint density at radius 3 is 2.10 bits per heavy atom. The van der Waals surface area contributed by atoms with Crippen LogP contribution in [0.5, 0.6) is 0 Å². The van der Waals surface area contributed by atoms with Gasteiger partial charge >= 0.3 is 0 Å². The molecule has 0 fully saturated rings. The Hall–Kier alpha value is -1.81. The first-order chi connectivity index (χ1) is 9.97. The predicted octanol–water partition coefficient (Wildman–Crippen LogP) is 4.59. The quantitative estimate of drug-likeness (QED) is 0.850. The summed E-state index contributed by atoms with van der Waals surface area (Å²) in [6.07, 6.45) is 0. The van der Waals surface area contributed by atoms with Gasteiger partial charge in [-0.15, -0.1) is 0 Å². The number of hydrogen-bond acceptors (Lipinski definition) is 1. The first-order valence-electron chi connectivity index (χ1n) is 6.90. The zero-order chi connectivity index (χ0) is 15.4. The fraction of sp³-hybridized carbons (Fsp3) is 0.294. The van der Waals surface area contributed by atoms with Gasteiger partial charge in [-0.1, -0.05) is 32.0 Å². The van der Waals surface area contributed by atoms with Crippen LogP contribution in [0.3, 0.4) is 0 Å². The molecule has 0 aliphatic rings. The van der Waals surface area contributed by atoms with Gasteiger partial charge in [0, 0.05) is 24.2 Å². The summed E-state index contributed by atoms with van der Waals surface area (Å²) in [7, 11) is 0. The summed E-state index contributed by atoms with van der Waals surface area (Å²) in [5.41, 5.74) is 1.35. The van der Waals surface area contributed by atoms with E-state index in [4.69, 9.17) is 0 Å². The van der Waals surface area contributed by atoms with E-state index in [-0.39, 0.29) is 24.3 Å². The van der Waals surface area contributed by atoms with Crippen molar-refractivity contribution >= 4 is 0 Å². The van der Waals surface area contributed by atoms with Gasteiger partial charge in [-0.05, 0) is 29.7 Å². The zero-order valence-electron chi connectivity index (χ0n) is 12.0. The van der Waals surface area contributed by atoms with Crippen LogP contribution in [-0.4, -0.2) is 0 Å². The van der Waals surface area contributed by atoms with Crippen LogP contribution in [0.25, 0.3) is 0 Å². The van der Waals surface area contributed by atoms with Crippen molar-refractivity contribution in [2.24, 2.45) is 5.92 Å². The summed E-state index contributed by atoms with van der Waals surface area (Å²) in [5, 5.41) is 3.25. The lowest BCUT2D eigenvalue weighted by Gasteiger charge is -2.23. The molecule has 112 valence electrons. The number of benzene rings is 2. The van der Waals surface area contributed by atoms with Crippen molar-refractivity contribution in [1.29, 1.82) is 0 Å². The Morgan fingerprint density at radius 1 is 0.905 bits per heavy atom. The van der Waals surface area contributed by atoms with E-state index >= 15 is 0 Å². The molecule has 0 bridgehead atoms. The second-order valence-electron chi connectivity index (χ2n) is 5.39. The van der Waals surface area contributed by atoms with Crippen molar-refractivity contribution in [1.82, 2.24) is 5.32 Å². The Kier molecular flexibility index (Phi) is 5.02. The van der Waals surface area contributed by atoms with Gasteiger partial charge in [0.15, 0.2) is 0 Å². The van der Waals surface area contributed by atoms with Gasteiger partial charge < -0.3 is 5.32 Å². The highest BCUT2D eigenvalue weighted by atomic mass is 19.1. The van der Waals surface area contributed by atoms with Crippen LogP contribution in [0.2, 0.25) is 0 Å². The Morgan fingerprint density at radius 2 is 1.52 bits per heavy atom. The van der Waals surface area contributed by atoms with Gasteiger partial charge in [0.05, 0.1) is 0 Å². The summed E-state index contributed by atoms with van der Waals surface area (Å²) in [6.45, 7) is 4.34. The van der Waals surface area contributed by atoms with Crippen molar-refractivity contribution in [3.05, 3.63) is 71.0 Å². The Balaban J connectivity index is 2.12. The highest BCUT2D eigenvalue weighted by Gasteiger charge is 2.16. The molecule has 1 unspecified atom stereocenters. The van der Waals surface area contributed by atoms with E-state index in [0.717, 1.165) is 11.6 Å². The van der Waals surface area contributed by atoms with Crippen LogP contribution in [0.4, 0.5) is 13.2 Å². The molecule has 21 heavy (non-hydrogen) atoms. The molecule has 1 N–H and O–H groups in total. The van der Waals surface area contributed by atoms with E-state index in [9.17, 15) is 13.2 Å². The van der Waals surface area contributed by atoms with Crippen molar-refractivity contribution in [2.75, 3.05) is 0 Å². The molecule has 0 amide bonds. The van der Waals surface area contributed by atoms with E-state index in [1.165, 1.54) is 24.3 Å². The van der Waals surface area contributed by atoms with E-state index in [0.29, 0.717) is 5.56 Å². The average molecular weight is 293 g/mol. The molecule has 0 radical (unpaired) electrons. The molecule has 0 aliphatic heterocycles. The standard InChI is InChI=1S/C17H18F3N/c1-11(2)17(12-3-6-14(18)7-4-12)21-10-13-5-8-15(19)9-16(13)20/h3-9,11,17,21H,10H2,1-2H3. The van der Waals surface area contributed by atoms with Crippen molar-refractivity contribution < 1.29 is 13.2 Å². The summed E-state index contributed by atoms with van der Waals surface area (Å²) in [5.74, 6) is -1.19. The second kappa shape index (κ2) is 6.76. The molecule has 0 heterocycles. The minimum Gasteiger partial charge on any atom is -0.306 e. The van der Waals surface area contributed by atoms with Gasteiger partial charge in [0.25, 0.3) is 0 Å². The van der Waals surface area contributed by atoms with Crippen LogP contribution in [0.15, 0.2) is 42.5 Å². The SMILES string of the molecule is CC(C)C(NCc1ccc(F)cc1F)c1ccc(F)cc1. The van der Waals surface area contributed by atoms with Crippen molar-refractivity contribution in [3.63, 3.8) is 0 Å².